The first-order valence-electron chi connectivity index (χ1n) is 10.0. The van der Waals surface area contributed by atoms with Crippen molar-refractivity contribution in [1.29, 1.82) is 0 Å². The maximum absolute atomic E-state index is 13.8. The summed E-state index contributed by atoms with van der Waals surface area (Å²) in [6, 6.07) is 8.00. The Balaban J connectivity index is 1.62. The third kappa shape index (κ3) is 1.44. The predicted octanol–water partition coefficient (Wildman–Crippen LogP) is 1.49. The summed E-state index contributed by atoms with van der Waals surface area (Å²) in [5.74, 6) is -0.0294. The number of ether oxygens (including phenoxy) is 2. The lowest BCUT2D eigenvalue weighted by molar-refractivity contribution is -0.168. The number of allylic oxidation sites excluding steroid dienone is 1. The monoisotopic (exact) mass is 380 g/mol. The van der Waals surface area contributed by atoms with Crippen molar-refractivity contribution in [3.8, 4) is 0 Å². The summed E-state index contributed by atoms with van der Waals surface area (Å²) in [5.41, 5.74) is 1.83. The van der Waals surface area contributed by atoms with Crippen LogP contribution in [-0.4, -0.2) is 62.3 Å². The van der Waals surface area contributed by atoms with Crippen LogP contribution in [0, 0.1) is 11.3 Å². The number of benzene rings is 1. The number of carbonyl (C=O) groups is 2. The Morgan fingerprint density at radius 1 is 1.36 bits per heavy atom. The van der Waals surface area contributed by atoms with E-state index in [-0.39, 0.29) is 36.0 Å². The molecule has 6 heteroatoms. The van der Waals surface area contributed by atoms with E-state index in [1.165, 1.54) is 12.7 Å². The van der Waals surface area contributed by atoms with Crippen molar-refractivity contribution in [2.45, 2.75) is 36.9 Å². The maximum Gasteiger partial charge on any atom is 0.316 e. The lowest BCUT2D eigenvalue weighted by atomic mass is 9.60. The molecule has 4 bridgehead atoms. The number of hydrogen-bond acceptors (Lipinski definition) is 5. The van der Waals surface area contributed by atoms with Gasteiger partial charge >= 0.3 is 5.97 Å². The number of nitrogens with zero attached hydrogens (tertiary/aromatic N) is 2. The summed E-state index contributed by atoms with van der Waals surface area (Å²) in [6.45, 7) is 3.16. The fourth-order valence-corrected chi connectivity index (χ4v) is 7.26. The van der Waals surface area contributed by atoms with E-state index in [0.717, 1.165) is 24.2 Å². The average Bonchev–Trinajstić information content (AvgIpc) is 3.32. The van der Waals surface area contributed by atoms with E-state index in [4.69, 9.17) is 9.47 Å². The average molecular weight is 380 g/mol. The second-order valence-corrected chi connectivity index (χ2v) is 8.80. The minimum atomic E-state index is -0.736. The lowest BCUT2D eigenvalue weighted by Crippen LogP contribution is -2.66. The van der Waals surface area contributed by atoms with Gasteiger partial charge in [-0.25, -0.2) is 0 Å². The van der Waals surface area contributed by atoms with Crippen LogP contribution in [-0.2, 0) is 24.5 Å². The van der Waals surface area contributed by atoms with Gasteiger partial charge < -0.3 is 14.4 Å². The Kier molecular flexibility index (Phi) is 3.02. The van der Waals surface area contributed by atoms with E-state index < -0.39 is 10.8 Å². The van der Waals surface area contributed by atoms with Crippen LogP contribution in [0.1, 0.15) is 18.9 Å². The predicted molar refractivity (Wildman–Crippen MR) is 102 cm³/mol. The molecular formula is C22H24N2O4. The smallest absolute Gasteiger partial charge is 0.316 e. The van der Waals surface area contributed by atoms with Crippen LogP contribution in [0.4, 0.5) is 5.69 Å². The number of anilines is 1. The second kappa shape index (κ2) is 5.05. The zero-order valence-electron chi connectivity index (χ0n) is 16.3. The van der Waals surface area contributed by atoms with Crippen LogP contribution in [0.5, 0.6) is 0 Å². The topological polar surface area (TPSA) is 59.1 Å². The molecule has 5 fully saturated rings. The van der Waals surface area contributed by atoms with E-state index in [2.05, 4.69) is 17.0 Å². The molecular weight excluding hydrogens is 356 g/mol. The molecule has 28 heavy (non-hydrogen) atoms. The van der Waals surface area contributed by atoms with Crippen LogP contribution in [0.15, 0.2) is 35.9 Å². The van der Waals surface area contributed by atoms with Gasteiger partial charge in [-0.1, -0.05) is 29.8 Å². The van der Waals surface area contributed by atoms with E-state index in [9.17, 15) is 9.59 Å². The second-order valence-electron chi connectivity index (χ2n) is 8.80. The zero-order valence-corrected chi connectivity index (χ0v) is 16.3. The minimum absolute atomic E-state index is 0.0490. The van der Waals surface area contributed by atoms with Gasteiger partial charge in [-0.05, 0) is 25.0 Å². The fraction of sp³-hybridized carbons (Fsp3) is 0.545. The summed E-state index contributed by atoms with van der Waals surface area (Å²) in [5, 5.41) is 0. The lowest BCUT2D eigenvalue weighted by Gasteiger charge is -2.56. The number of likely N-dealkylation sites (N-methyl/N-ethyl adjacent to an activating group) is 1. The van der Waals surface area contributed by atoms with Gasteiger partial charge in [-0.2, -0.15) is 0 Å². The molecule has 0 saturated carbocycles. The standard InChI is InChI=1S/C22H24N2O4/c1-4-12-10-24-16-9-14(12)21(20(26)27-3)11-28-18(17(21)24)22(16)13-7-5-6-8-15(13)23(2)19(22)25/h4-8,14,16-18H,9-11H2,1-3H3. The normalized spacial score (nSPS) is 46.0. The van der Waals surface area contributed by atoms with E-state index in [1.807, 2.05) is 32.2 Å². The van der Waals surface area contributed by atoms with E-state index in [0.29, 0.717) is 6.61 Å². The van der Waals surface area contributed by atoms with Crippen molar-refractivity contribution in [1.82, 2.24) is 4.90 Å². The van der Waals surface area contributed by atoms with Gasteiger partial charge in [0.05, 0.1) is 25.9 Å². The highest BCUT2D eigenvalue weighted by Gasteiger charge is 2.82. The van der Waals surface area contributed by atoms with Gasteiger partial charge in [0.1, 0.15) is 10.8 Å². The SMILES string of the molecule is CC=C1CN2C3C4OCC3(C(=O)OC)C1CC2C41C(=O)N(C)c2ccccc21. The summed E-state index contributed by atoms with van der Waals surface area (Å²) in [4.78, 5) is 31.1. The molecule has 1 aromatic carbocycles. The Hall–Kier alpha value is -2.18. The Bertz CT molecular complexity index is 958. The number of methoxy groups -OCH3 is 1. The van der Waals surface area contributed by atoms with Crippen LogP contribution in [0.3, 0.4) is 0 Å². The van der Waals surface area contributed by atoms with Gasteiger partial charge in [0, 0.05) is 31.2 Å². The van der Waals surface area contributed by atoms with Crippen LogP contribution >= 0.6 is 0 Å². The van der Waals surface area contributed by atoms with Crippen LogP contribution < -0.4 is 4.90 Å². The molecule has 0 aliphatic carbocycles. The highest BCUT2D eigenvalue weighted by molar-refractivity contribution is 6.09. The Morgan fingerprint density at radius 3 is 2.89 bits per heavy atom. The molecule has 7 unspecified atom stereocenters. The van der Waals surface area contributed by atoms with E-state index in [1.54, 1.807) is 4.90 Å². The van der Waals surface area contributed by atoms with Crippen molar-refractivity contribution in [3.63, 3.8) is 0 Å². The third-order valence-electron chi connectivity index (χ3n) is 8.25. The third-order valence-corrected chi connectivity index (χ3v) is 8.25. The molecule has 0 N–H and O–H groups in total. The largest absolute Gasteiger partial charge is 0.468 e. The molecule has 7 atom stereocenters. The van der Waals surface area contributed by atoms with Crippen molar-refractivity contribution in [2.24, 2.45) is 11.3 Å². The molecule has 7 rings (SSSR count). The molecule has 0 aromatic heterocycles. The van der Waals surface area contributed by atoms with Crippen LogP contribution in [0.2, 0.25) is 0 Å². The van der Waals surface area contributed by atoms with Gasteiger partial charge in [0.2, 0.25) is 5.91 Å². The molecule has 1 aromatic rings. The maximum atomic E-state index is 13.8. The molecule has 1 spiro atoms. The molecule has 6 aliphatic rings. The van der Waals surface area contributed by atoms with Crippen molar-refractivity contribution < 1.29 is 19.1 Å². The van der Waals surface area contributed by atoms with Gasteiger partial charge in [0.15, 0.2) is 0 Å². The van der Waals surface area contributed by atoms with Gasteiger partial charge in [-0.15, -0.1) is 0 Å². The first kappa shape index (κ1) is 16.7. The number of carbonyl (C=O) groups excluding carboxylic acids is 2. The molecule has 6 aliphatic heterocycles. The summed E-state index contributed by atoms with van der Waals surface area (Å²) < 4.78 is 11.7. The van der Waals surface area contributed by atoms with Crippen LogP contribution in [0.25, 0.3) is 0 Å². The first-order chi connectivity index (χ1) is 13.5. The quantitative estimate of drug-likeness (QED) is 0.546. The molecule has 5 saturated heterocycles. The number of para-hydroxylation sites is 1. The number of amides is 1. The highest BCUT2D eigenvalue weighted by atomic mass is 16.5. The van der Waals surface area contributed by atoms with Gasteiger partial charge in [-0.3, -0.25) is 14.5 Å². The molecule has 146 valence electrons. The molecule has 6 heterocycles. The Morgan fingerprint density at radius 2 is 2.14 bits per heavy atom. The fourth-order valence-electron chi connectivity index (χ4n) is 7.26. The highest BCUT2D eigenvalue weighted by Crippen LogP contribution is 2.68. The molecule has 1 amide bonds. The number of esters is 1. The zero-order chi connectivity index (χ0) is 19.4. The molecule has 6 nitrogen and oxygen atoms in total. The minimum Gasteiger partial charge on any atom is -0.468 e. The first-order valence-corrected chi connectivity index (χ1v) is 10.0. The number of hydrogen-bond donors (Lipinski definition) is 0. The number of piperidine rings is 3. The number of rotatable bonds is 1. The summed E-state index contributed by atoms with van der Waals surface area (Å²) in [7, 11) is 3.31. The number of fused-ring (bicyclic) bond motifs is 4. The Labute approximate surface area is 164 Å². The summed E-state index contributed by atoms with van der Waals surface area (Å²) >= 11 is 0. The van der Waals surface area contributed by atoms with Crippen molar-refractivity contribution >= 4 is 17.6 Å². The van der Waals surface area contributed by atoms with Gasteiger partial charge in [0.25, 0.3) is 0 Å². The van der Waals surface area contributed by atoms with Crippen molar-refractivity contribution in [2.75, 3.05) is 32.2 Å². The van der Waals surface area contributed by atoms with Crippen molar-refractivity contribution in [3.05, 3.63) is 41.5 Å². The summed E-state index contributed by atoms with van der Waals surface area (Å²) in [6.07, 6.45) is 2.61. The molecule has 0 radical (unpaired) electrons. The van der Waals surface area contributed by atoms with E-state index >= 15 is 0 Å².